The molecule has 5 nitrogen and oxygen atoms in total. The Morgan fingerprint density at radius 3 is 2.53 bits per heavy atom. The number of halogens is 1. The predicted molar refractivity (Wildman–Crippen MR) is 120 cm³/mol. The van der Waals surface area contributed by atoms with Crippen molar-refractivity contribution in [3.05, 3.63) is 64.7 Å². The molecule has 32 heavy (non-hydrogen) atoms. The molecular weight excluding hydrogens is 411 g/mol. The lowest BCUT2D eigenvalue weighted by Crippen LogP contribution is -2.34. The molecular formula is C26H33FO5. The van der Waals surface area contributed by atoms with Gasteiger partial charge in [-0.3, -0.25) is 0 Å². The Morgan fingerprint density at radius 2 is 1.81 bits per heavy atom. The predicted octanol–water partition coefficient (Wildman–Crippen LogP) is 5.28. The zero-order chi connectivity index (χ0) is 22.3. The molecule has 0 amide bonds. The van der Waals surface area contributed by atoms with Gasteiger partial charge in [0.2, 0.25) is 0 Å². The van der Waals surface area contributed by atoms with Gasteiger partial charge in [-0.15, -0.1) is 0 Å². The molecule has 4 rings (SSSR count). The van der Waals surface area contributed by atoms with Crippen molar-refractivity contribution in [3.63, 3.8) is 0 Å². The van der Waals surface area contributed by atoms with Crippen LogP contribution in [-0.4, -0.2) is 45.2 Å². The number of hydrogen-bond acceptors (Lipinski definition) is 5. The molecule has 3 atom stereocenters. The zero-order valence-corrected chi connectivity index (χ0v) is 18.9. The van der Waals surface area contributed by atoms with Crippen LogP contribution in [0.5, 0.6) is 5.75 Å². The lowest BCUT2D eigenvalue weighted by atomic mass is 9.92. The average Bonchev–Trinajstić information content (AvgIpc) is 3.64. The minimum atomic E-state index is -0.471. The quantitative estimate of drug-likeness (QED) is 0.441. The van der Waals surface area contributed by atoms with Crippen LogP contribution in [0, 0.1) is 6.92 Å². The standard InChI is InChI=1S/C26H33FO5/c1-18-3-6-20(26-16-24(32-27)15-25(31-26)17-28-2)14-21(18)13-19-4-7-22(8-5-19)29-11-12-30-23-9-10-23/h3-8,14,23-26H,9-13,15-17H2,1-2H3. The Balaban J connectivity index is 1.37. The Hall–Kier alpha value is -1.99. The summed E-state index contributed by atoms with van der Waals surface area (Å²) in [6.45, 7) is 3.75. The lowest BCUT2D eigenvalue weighted by Gasteiger charge is -2.33. The first-order valence-electron chi connectivity index (χ1n) is 11.5. The fourth-order valence-electron chi connectivity index (χ4n) is 4.17. The largest absolute Gasteiger partial charge is 0.491 e. The summed E-state index contributed by atoms with van der Waals surface area (Å²) >= 11 is 0. The van der Waals surface area contributed by atoms with E-state index < -0.39 is 6.10 Å². The second-order valence-corrected chi connectivity index (χ2v) is 8.81. The highest BCUT2D eigenvalue weighted by Gasteiger charge is 2.32. The van der Waals surface area contributed by atoms with Crippen LogP contribution in [0.4, 0.5) is 4.53 Å². The van der Waals surface area contributed by atoms with Gasteiger partial charge in [-0.05, 0) is 65.1 Å². The van der Waals surface area contributed by atoms with Crippen molar-refractivity contribution < 1.29 is 28.4 Å². The first kappa shape index (κ1) is 23.2. The molecule has 0 aromatic heterocycles. The van der Waals surface area contributed by atoms with Crippen molar-refractivity contribution in [3.8, 4) is 5.75 Å². The summed E-state index contributed by atoms with van der Waals surface area (Å²) < 4.78 is 35.7. The highest BCUT2D eigenvalue weighted by molar-refractivity contribution is 5.38. The van der Waals surface area contributed by atoms with E-state index in [1.165, 1.54) is 29.5 Å². The molecule has 6 heteroatoms. The molecule has 3 unspecified atom stereocenters. The van der Waals surface area contributed by atoms with Gasteiger partial charge in [0.1, 0.15) is 18.5 Å². The Morgan fingerprint density at radius 1 is 1.00 bits per heavy atom. The van der Waals surface area contributed by atoms with Crippen LogP contribution in [-0.2, 0) is 25.6 Å². The van der Waals surface area contributed by atoms with Crippen molar-refractivity contribution in [1.82, 2.24) is 0 Å². The molecule has 2 aromatic carbocycles. The van der Waals surface area contributed by atoms with Gasteiger partial charge in [0.25, 0.3) is 0 Å². The minimum absolute atomic E-state index is 0.175. The average molecular weight is 445 g/mol. The third-order valence-corrected chi connectivity index (χ3v) is 6.13. The highest BCUT2D eigenvalue weighted by Crippen LogP contribution is 2.34. The maximum atomic E-state index is 13.0. The normalized spacial score (nSPS) is 23.3. The summed E-state index contributed by atoms with van der Waals surface area (Å²) in [7, 11) is 1.63. The third-order valence-electron chi connectivity index (χ3n) is 6.13. The van der Waals surface area contributed by atoms with Crippen LogP contribution in [0.3, 0.4) is 0 Å². The highest BCUT2D eigenvalue weighted by atomic mass is 19.3. The van der Waals surface area contributed by atoms with Crippen LogP contribution in [0.25, 0.3) is 0 Å². The Labute approximate surface area is 189 Å². The van der Waals surface area contributed by atoms with Crippen molar-refractivity contribution in [2.24, 2.45) is 0 Å². The van der Waals surface area contributed by atoms with Gasteiger partial charge in [0.05, 0.1) is 31.5 Å². The second-order valence-electron chi connectivity index (χ2n) is 8.81. The number of benzene rings is 2. The van der Waals surface area contributed by atoms with Gasteiger partial charge in [0, 0.05) is 20.0 Å². The van der Waals surface area contributed by atoms with Crippen LogP contribution in [0.1, 0.15) is 54.0 Å². The van der Waals surface area contributed by atoms with E-state index in [-0.39, 0.29) is 12.2 Å². The summed E-state index contributed by atoms with van der Waals surface area (Å²) in [5, 5.41) is 0. The minimum Gasteiger partial charge on any atom is -0.491 e. The van der Waals surface area contributed by atoms with Crippen molar-refractivity contribution >= 4 is 0 Å². The van der Waals surface area contributed by atoms with Crippen LogP contribution in [0.15, 0.2) is 42.5 Å². The van der Waals surface area contributed by atoms with E-state index in [1.807, 2.05) is 12.1 Å². The first-order valence-corrected chi connectivity index (χ1v) is 11.5. The summed E-state index contributed by atoms with van der Waals surface area (Å²) in [5.41, 5.74) is 4.70. The first-order chi connectivity index (χ1) is 15.6. The van der Waals surface area contributed by atoms with E-state index in [1.54, 1.807) is 7.11 Å². The molecule has 0 N–H and O–H groups in total. The van der Waals surface area contributed by atoms with E-state index in [2.05, 4.69) is 42.2 Å². The summed E-state index contributed by atoms with van der Waals surface area (Å²) in [5.74, 6) is 0.857. The molecule has 1 aliphatic carbocycles. The van der Waals surface area contributed by atoms with E-state index in [4.69, 9.17) is 18.9 Å². The summed E-state index contributed by atoms with van der Waals surface area (Å²) in [4.78, 5) is 4.17. The topological polar surface area (TPSA) is 46.2 Å². The van der Waals surface area contributed by atoms with E-state index in [9.17, 15) is 4.53 Å². The van der Waals surface area contributed by atoms with Crippen molar-refractivity contribution in [2.75, 3.05) is 26.9 Å². The number of aryl methyl sites for hydroxylation is 1. The van der Waals surface area contributed by atoms with Gasteiger partial charge >= 0.3 is 0 Å². The molecule has 1 saturated heterocycles. The SMILES string of the molecule is COCC1CC(OF)CC(c2ccc(C)c(Cc3ccc(OCCOC4CC4)cc3)c2)O1. The van der Waals surface area contributed by atoms with Crippen LogP contribution in [0.2, 0.25) is 0 Å². The molecule has 0 radical (unpaired) electrons. The van der Waals surface area contributed by atoms with E-state index in [0.29, 0.717) is 38.8 Å². The van der Waals surface area contributed by atoms with Gasteiger partial charge in [-0.1, -0.05) is 30.3 Å². The smallest absolute Gasteiger partial charge is 0.119 e. The zero-order valence-electron chi connectivity index (χ0n) is 18.9. The second kappa shape index (κ2) is 11.2. The summed E-state index contributed by atoms with van der Waals surface area (Å²) in [6, 6.07) is 14.6. The molecule has 0 spiro atoms. The maximum absolute atomic E-state index is 13.0. The Bertz CT molecular complexity index is 852. The summed E-state index contributed by atoms with van der Waals surface area (Å²) in [6.07, 6.45) is 3.77. The van der Waals surface area contributed by atoms with E-state index in [0.717, 1.165) is 17.7 Å². The van der Waals surface area contributed by atoms with Crippen molar-refractivity contribution in [1.29, 1.82) is 0 Å². The van der Waals surface area contributed by atoms with Gasteiger partial charge in [0.15, 0.2) is 0 Å². The van der Waals surface area contributed by atoms with Gasteiger partial charge in [-0.25, -0.2) is 0 Å². The van der Waals surface area contributed by atoms with Gasteiger partial charge in [-0.2, -0.15) is 4.94 Å². The molecule has 2 aromatic rings. The van der Waals surface area contributed by atoms with Crippen molar-refractivity contribution in [2.45, 2.75) is 63.4 Å². The molecule has 2 fully saturated rings. The number of rotatable bonds is 11. The monoisotopic (exact) mass is 444 g/mol. The van der Waals surface area contributed by atoms with E-state index >= 15 is 0 Å². The fourth-order valence-corrected chi connectivity index (χ4v) is 4.17. The molecule has 2 aliphatic rings. The fraction of sp³-hybridized carbons (Fsp3) is 0.538. The van der Waals surface area contributed by atoms with Crippen LogP contribution < -0.4 is 4.74 Å². The lowest BCUT2D eigenvalue weighted by molar-refractivity contribution is -0.227. The third kappa shape index (κ3) is 6.51. The van der Waals surface area contributed by atoms with Crippen LogP contribution >= 0.6 is 0 Å². The molecule has 0 bridgehead atoms. The number of ether oxygens (including phenoxy) is 4. The molecule has 1 aliphatic heterocycles. The maximum Gasteiger partial charge on any atom is 0.119 e. The molecule has 174 valence electrons. The number of hydrogen-bond donors (Lipinski definition) is 0. The molecule has 1 heterocycles. The van der Waals surface area contributed by atoms with Gasteiger partial charge < -0.3 is 18.9 Å². The molecule has 1 saturated carbocycles. The Kier molecular flexibility index (Phi) is 8.14. The number of methoxy groups -OCH3 is 1.